The fourth-order valence-electron chi connectivity index (χ4n) is 2.31. The average Bonchev–Trinajstić information content (AvgIpc) is 2.66. The Hall–Kier alpha value is -0.870. The number of carbonyl (C=O) groups excluding carboxylic acids is 1. The summed E-state index contributed by atoms with van der Waals surface area (Å²) >= 11 is 7.44. The van der Waals surface area contributed by atoms with Crippen LogP contribution in [0, 0.1) is 0 Å². The number of amides is 1. The number of nitrogens with zero attached hydrogens (tertiary/aromatic N) is 1. The summed E-state index contributed by atoms with van der Waals surface area (Å²) in [6.07, 6.45) is 4.90. The van der Waals surface area contributed by atoms with Crippen LogP contribution in [-0.4, -0.2) is 30.5 Å². The van der Waals surface area contributed by atoms with E-state index in [0.29, 0.717) is 0 Å². The Morgan fingerprint density at radius 2 is 2.26 bits per heavy atom. The van der Waals surface area contributed by atoms with Crippen molar-refractivity contribution in [3.05, 3.63) is 23.8 Å². The number of benzene rings is 1. The maximum absolute atomic E-state index is 12.3. The lowest BCUT2D eigenvalue weighted by Crippen LogP contribution is -2.36. The van der Waals surface area contributed by atoms with Crippen LogP contribution in [-0.2, 0) is 11.2 Å². The molecule has 1 amide bonds. The van der Waals surface area contributed by atoms with Crippen LogP contribution in [0.5, 0.6) is 5.75 Å². The smallest absolute Gasteiger partial charge is 0.255 e. The molecule has 1 aromatic rings. The predicted octanol–water partition coefficient (Wildman–Crippen LogP) is 3.29. The summed E-state index contributed by atoms with van der Waals surface area (Å²) in [5.41, 5.74) is 2.14. The van der Waals surface area contributed by atoms with Crippen molar-refractivity contribution in [1.29, 1.82) is 0 Å². The third-order valence-electron chi connectivity index (χ3n) is 3.32. The molecule has 1 unspecified atom stereocenters. The molecule has 0 spiro atoms. The molecule has 0 saturated carbocycles. The molecule has 5 heteroatoms. The SMILES string of the molecule is COc1ccc2c(c1)CCCCN2C(=O)C(Cl)SC. The Kier molecular flexibility index (Phi) is 4.99. The van der Waals surface area contributed by atoms with Crippen molar-refractivity contribution < 1.29 is 9.53 Å². The van der Waals surface area contributed by atoms with Crippen LogP contribution < -0.4 is 9.64 Å². The average molecular weight is 300 g/mol. The molecule has 0 bridgehead atoms. The first kappa shape index (κ1) is 14.5. The van der Waals surface area contributed by atoms with E-state index >= 15 is 0 Å². The molecular weight excluding hydrogens is 282 g/mol. The van der Waals surface area contributed by atoms with E-state index in [1.165, 1.54) is 11.8 Å². The van der Waals surface area contributed by atoms with Gasteiger partial charge in [0.2, 0.25) is 0 Å². The van der Waals surface area contributed by atoms with Crippen LogP contribution in [0.2, 0.25) is 0 Å². The number of anilines is 1. The zero-order valence-electron chi connectivity index (χ0n) is 11.2. The fraction of sp³-hybridized carbons (Fsp3) is 0.500. The second-order valence-corrected chi connectivity index (χ2v) is 6.13. The van der Waals surface area contributed by atoms with Crippen LogP contribution in [0.4, 0.5) is 5.69 Å². The van der Waals surface area contributed by atoms with Crippen LogP contribution >= 0.6 is 23.4 Å². The van der Waals surface area contributed by atoms with E-state index in [1.54, 1.807) is 7.11 Å². The van der Waals surface area contributed by atoms with E-state index in [1.807, 2.05) is 29.4 Å². The van der Waals surface area contributed by atoms with Crippen molar-refractivity contribution in [2.24, 2.45) is 0 Å². The summed E-state index contributed by atoms with van der Waals surface area (Å²) in [5.74, 6) is 0.808. The van der Waals surface area contributed by atoms with Crippen LogP contribution in [0.25, 0.3) is 0 Å². The van der Waals surface area contributed by atoms with E-state index in [2.05, 4.69) is 0 Å². The lowest BCUT2D eigenvalue weighted by Gasteiger charge is -2.24. The molecule has 1 aromatic carbocycles. The van der Waals surface area contributed by atoms with Crippen LogP contribution in [0.1, 0.15) is 18.4 Å². The molecule has 1 aliphatic heterocycles. The van der Waals surface area contributed by atoms with Gasteiger partial charge < -0.3 is 9.64 Å². The summed E-state index contributed by atoms with van der Waals surface area (Å²) in [6.45, 7) is 0.738. The minimum Gasteiger partial charge on any atom is -0.497 e. The van der Waals surface area contributed by atoms with Crippen molar-refractivity contribution >= 4 is 35.0 Å². The molecule has 104 valence electrons. The van der Waals surface area contributed by atoms with Crippen LogP contribution in [0.3, 0.4) is 0 Å². The Bertz CT molecular complexity index is 467. The van der Waals surface area contributed by atoms with Gasteiger partial charge in [0.1, 0.15) is 5.75 Å². The number of halogens is 1. The molecule has 0 fully saturated rings. The van der Waals surface area contributed by atoms with Gasteiger partial charge in [0.15, 0.2) is 4.71 Å². The molecule has 0 aromatic heterocycles. The first-order valence-corrected chi connectivity index (χ1v) is 8.05. The number of thioether (sulfide) groups is 1. The zero-order chi connectivity index (χ0) is 13.8. The van der Waals surface area contributed by atoms with E-state index in [9.17, 15) is 4.79 Å². The molecule has 1 atom stereocenters. The molecule has 3 nitrogen and oxygen atoms in total. The van der Waals surface area contributed by atoms with Gasteiger partial charge in [0.25, 0.3) is 5.91 Å². The number of hydrogen-bond donors (Lipinski definition) is 0. The summed E-state index contributed by atoms with van der Waals surface area (Å²) in [4.78, 5) is 14.2. The van der Waals surface area contributed by atoms with E-state index in [-0.39, 0.29) is 5.91 Å². The Morgan fingerprint density at radius 3 is 2.95 bits per heavy atom. The zero-order valence-corrected chi connectivity index (χ0v) is 12.8. The van der Waals surface area contributed by atoms with E-state index in [0.717, 1.165) is 42.8 Å². The topological polar surface area (TPSA) is 29.5 Å². The highest BCUT2D eigenvalue weighted by molar-refractivity contribution is 8.01. The molecule has 2 rings (SSSR count). The van der Waals surface area contributed by atoms with Crippen molar-refractivity contribution in [2.45, 2.75) is 24.0 Å². The van der Waals surface area contributed by atoms with E-state index < -0.39 is 4.71 Å². The first-order valence-electron chi connectivity index (χ1n) is 6.32. The number of aryl methyl sites for hydroxylation is 1. The highest BCUT2D eigenvalue weighted by atomic mass is 35.5. The molecular formula is C14H18ClNO2S. The Morgan fingerprint density at radius 1 is 1.47 bits per heavy atom. The van der Waals surface area contributed by atoms with Gasteiger partial charge in [-0.25, -0.2) is 0 Å². The number of ether oxygens (including phenoxy) is 1. The summed E-state index contributed by atoms with van der Waals surface area (Å²) in [7, 11) is 1.66. The monoisotopic (exact) mass is 299 g/mol. The van der Waals surface area contributed by atoms with Gasteiger partial charge in [-0.15, -0.1) is 23.4 Å². The van der Waals surface area contributed by atoms with Crippen LogP contribution in [0.15, 0.2) is 18.2 Å². The van der Waals surface area contributed by atoms with Crippen molar-refractivity contribution in [3.8, 4) is 5.75 Å². The third kappa shape index (κ3) is 3.18. The van der Waals surface area contributed by atoms with Crippen molar-refractivity contribution in [3.63, 3.8) is 0 Å². The second kappa shape index (κ2) is 6.53. The summed E-state index contributed by atoms with van der Waals surface area (Å²) in [6, 6.07) is 5.87. The maximum Gasteiger partial charge on any atom is 0.255 e. The number of fused-ring (bicyclic) bond motifs is 1. The number of hydrogen-bond acceptors (Lipinski definition) is 3. The highest BCUT2D eigenvalue weighted by Gasteiger charge is 2.26. The molecule has 0 saturated heterocycles. The largest absolute Gasteiger partial charge is 0.497 e. The molecule has 0 radical (unpaired) electrons. The number of rotatable bonds is 3. The molecule has 0 aliphatic carbocycles. The molecule has 1 heterocycles. The number of alkyl halides is 1. The van der Waals surface area contributed by atoms with Gasteiger partial charge in [-0.05, 0) is 49.3 Å². The van der Waals surface area contributed by atoms with Gasteiger partial charge in [-0.1, -0.05) is 0 Å². The lowest BCUT2D eigenvalue weighted by molar-refractivity contribution is -0.116. The van der Waals surface area contributed by atoms with E-state index in [4.69, 9.17) is 16.3 Å². The normalized spacial score (nSPS) is 16.5. The standard InChI is InChI=1S/C14H18ClNO2S/c1-18-11-6-7-12-10(9-11)5-3-4-8-16(12)14(17)13(15)19-2/h6-7,9,13H,3-5,8H2,1-2H3. The quantitative estimate of drug-likeness (QED) is 0.802. The van der Waals surface area contributed by atoms with Crippen molar-refractivity contribution in [1.82, 2.24) is 0 Å². The molecule has 19 heavy (non-hydrogen) atoms. The highest BCUT2D eigenvalue weighted by Crippen LogP contribution is 2.31. The Balaban J connectivity index is 2.35. The fourth-order valence-corrected chi connectivity index (χ4v) is 2.76. The molecule has 0 N–H and O–H groups in total. The molecule has 1 aliphatic rings. The van der Waals surface area contributed by atoms with Gasteiger partial charge in [0, 0.05) is 12.2 Å². The van der Waals surface area contributed by atoms with Crippen molar-refractivity contribution in [2.75, 3.05) is 24.8 Å². The van der Waals surface area contributed by atoms with Gasteiger partial charge >= 0.3 is 0 Å². The predicted molar refractivity (Wildman–Crippen MR) is 81.4 cm³/mol. The lowest BCUT2D eigenvalue weighted by atomic mass is 10.1. The third-order valence-corrected chi connectivity index (χ3v) is 4.66. The van der Waals surface area contributed by atoms with Gasteiger partial charge in [-0.2, -0.15) is 0 Å². The summed E-state index contributed by atoms with van der Waals surface area (Å²) in [5, 5.41) is 0. The number of methoxy groups -OCH3 is 1. The minimum atomic E-state index is -0.520. The number of carbonyl (C=O) groups is 1. The maximum atomic E-state index is 12.3. The minimum absolute atomic E-state index is 0.0255. The van der Waals surface area contributed by atoms with Gasteiger partial charge in [0.05, 0.1) is 7.11 Å². The van der Waals surface area contributed by atoms with Gasteiger partial charge in [-0.3, -0.25) is 4.79 Å². The second-order valence-electron chi connectivity index (χ2n) is 4.49. The summed E-state index contributed by atoms with van der Waals surface area (Å²) < 4.78 is 4.73. The Labute approximate surface area is 123 Å². The first-order chi connectivity index (χ1) is 9.17.